The van der Waals surface area contributed by atoms with Crippen molar-refractivity contribution in [1.82, 2.24) is 10.4 Å². The number of nitrogens with one attached hydrogen (secondary N) is 1. The van der Waals surface area contributed by atoms with Crippen LogP contribution in [0, 0.1) is 0 Å². The number of hydrazine groups is 1. The van der Waals surface area contributed by atoms with Gasteiger partial charge in [0.25, 0.3) is 0 Å². The van der Waals surface area contributed by atoms with Crippen molar-refractivity contribution in [2.45, 2.75) is 70.6 Å². The third-order valence-corrected chi connectivity index (χ3v) is 4.60. The Labute approximate surface area is 141 Å². The average molecular weight is 342 g/mol. The Balaban J connectivity index is 2.07. The number of nitrogens with zero attached hydrogens (tertiary/aromatic N) is 1. The second-order valence-electron chi connectivity index (χ2n) is 6.97. The Morgan fingerprint density at radius 2 is 1.88 bits per heavy atom. The van der Waals surface area contributed by atoms with Crippen LogP contribution in [0.5, 0.6) is 0 Å². The molecule has 0 saturated carbocycles. The first-order chi connectivity index (χ1) is 11.1. The van der Waals surface area contributed by atoms with Crippen LogP contribution in [0.1, 0.15) is 51.2 Å². The predicted octanol–water partition coefficient (Wildman–Crippen LogP) is 4.02. The van der Waals surface area contributed by atoms with Crippen molar-refractivity contribution in [3.8, 4) is 0 Å². The maximum Gasteiger partial charge on any atom is 0.405 e. The zero-order valence-corrected chi connectivity index (χ0v) is 14.4. The normalized spacial score (nSPS) is 19.3. The summed E-state index contributed by atoms with van der Waals surface area (Å²) in [5.41, 5.74) is 3.84. The van der Waals surface area contributed by atoms with E-state index in [4.69, 9.17) is 0 Å². The summed E-state index contributed by atoms with van der Waals surface area (Å²) in [7, 11) is 0. The molecule has 0 spiro atoms. The van der Waals surface area contributed by atoms with E-state index < -0.39 is 17.8 Å². The van der Waals surface area contributed by atoms with Crippen molar-refractivity contribution < 1.29 is 18.0 Å². The number of halogens is 3. The lowest BCUT2D eigenvalue weighted by Gasteiger charge is -2.37. The number of carbonyl (C=O) groups excluding carboxylic acids is 1. The number of alkyl halides is 3. The molecule has 1 aromatic carbocycles. The molecule has 1 aliphatic heterocycles. The van der Waals surface area contributed by atoms with Crippen LogP contribution >= 0.6 is 0 Å². The Morgan fingerprint density at radius 1 is 1.25 bits per heavy atom. The first-order valence-corrected chi connectivity index (χ1v) is 8.37. The molecule has 2 rings (SSSR count). The second-order valence-corrected chi connectivity index (χ2v) is 6.97. The van der Waals surface area contributed by atoms with Crippen LogP contribution in [0.4, 0.5) is 13.2 Å². The summed E-state index contributed by atoms with van der Waals surface area (Å²) in [4.78, 5) is 11.6. The van der Waals surface area contributed by atoms with Crippen LogP contribution < -0.4 is 5.43 Å². The highest BCUT2D eigenvalue weighted by Gasteiger charge is 2.51. The summed E-state index contributed by atoms with van der Waals surface area (Å²) in [5.74, 6) is -0.356. The fraction of sp³-hybridized carbons (Fsp3) is 0.611. The van der Waals surface area contributed by atoms with Gasteiger partial charge in [0.15, 0.2) is 0 Å². The maximum absolute atomic E-state index is 13.5. The molecule has 1 aliphatic rings. The number of hydrogen-bond donors (Lipinski definition) is 1. The van der Waals surface area contributed by atoms with Gasteiger partial charge >= 0.3 is 6.18 Å². The zero-order chi connectivity index (χ0) is 18.0. The first kappa shape index (κ1) is 18.8. The molecule has 1 fully saturated rings. The molecule has 3 nitrogen and oxygen atoms in total. The molecule has 1 N–H and O–H groups in total. The summed E-state index contributed by atoms with van der Waals surface area (Å²) in [6.07, 6.45) is -2.43. The van der Waals surface area contributed by atoms with E-state index in [1.165, 1.54) is 5.56 Å². The van der Waals surface area contributed by atoms with Crippen molar-refractivity contribution in [1.29, 1.82) is 0 Å². The van der Waals surface area contributed by atoms with E-state index in [0.29, 0.717) is 12.8 Å². The highest BCUT2D eigenvalue weighted by atomic mass is 19.4. The van der Waals surface area contributed by atoms with E-state index >= 15 is 0 Å². The Kier molecular flexibility index (Phi) is 5.58. The first-order valence-electron chi connectivity index (χ1n) is 8.37. The minimum absolute atomic E-state index is 0.0364. The summed E-state index contributed by atoms with van der Waals surface area (Å²) < 4.78 is 40.6. The lowest BCUT2D eigenvalue weighted by atomic mass is 9.96. The van der Waals surface area contributed by atoms with Crippen LogP contribution in [-0.2, 0) is 17.6 Å². The topological polar surface area (TPSA) is 32.3 Å². The van der Waals surface area contributed by atoms with Crippen molar-refractivity contribution in [2.75, 3.05) is 0 Å². The van der Waals surface area contributed by atoms with E-state index in [-0.39, 0.29) is 18.7 Å². The third-order valence-electron chi connectivity index (χ3n) is 4.60. The van der Waals surface area contributed by atoms with Gasteiger partial charge < -0.3 is 0 Å². The number of benzene rings is 1. The number of hydrogen-bond acceptors (Lipinski definition) is 2. The highest BCUT2D eigenvalue weighted by Crippen LogP contribution is 2.35. The Hall–Kier alpha value is -1.56. The lowest BCUT2D eigenvalue weighted by molar-refractivity contribution is -0.202. The van der Waals surface area contributed by atoms with E-state index in [0.717, 1.165) is 17.0 Å². The number of rotatable bonds is 6. The van der Waals surface area contributed by atoms with Gasteiger partial charge in [-0.2, -0.15) is 13.2 Å². The van der Waals surface area contributed by atoms with Crippen molar-refractivity contribution in [3.05, 3.63) is 35.4 Å². The molecule has 1 unspecified atom stereocenters. The third kappa shape index (κ3) is 4.29. The highest BCUT2D eigenvalue weighted by molar-refractivity contribution is 5.78. The predicted molar refractivity (Wildman–Crippen MR) is 87.3 cm³/mol. The van der Waals surface area contributed by atoms with Gasteiger partial charge in [0.2, 0.25) is 5.91 Å². The van der Waals surface area contributed by atoms with E-state index in [9.17, 15) is 18.0 Å². The molecular weight excluding hydrogens is 317 g/mol. The monoisotopic (exact) mass is 342 g/mol. The fourth-order valence-corrected chi connectivity index (χ4v) is 3.37. The van der Waals surface area contributed by atoms with Gasteiger partial charge in [-0.05, 0) is 50.7 Å². The molecule has 0 bridgehead atoms. The summed E-state index contributed by atoms with van der Waals surface area (Å²) in [6.45, 7) is 5.37. The molecule has 0 aromatic heterocycles. The van der Waals surface area contributed by atoms with Gasteiger partial charge in [0.1, 0.15) is 6.04 Å². The molecule has 1 heterocycles. The van der Waals surface area contributed by atoms with E-state index in [1.54, 1.807) is 13.8 Å². The standard InChI is InChI=1S/C18H25F3N2O/c1-4-13-8-5-6-9-14(13)10-7-11-15(18(19,20)21)23-17(2,3)12-16(24)22-23/h5-6,8-9,15H,4,7,10-12H2,1-3H3,(H,22,24). The number of amides is 1. The van der Waals surface area contributed by atoms with Crippen LogP contribution in [-0.4, -0.2) is 28.7 Å². The van der Waals surface area contributed by atoms with Gasteiger partial charge in [-0.25, -0.2) is 5.01 Å². The van der Waals surface area contributed by atoms with Gasteiger partial charge in [0.05, 0.1) is 0 Å². The van der Waals surface area contributed by atoms with Crippen LogP contribution in [0.15, 0.2) is 24.3 Å². The Bertz CT molecular complexity index is 584. The summed E-state index contributed by atoms with van der Waals surface area (Å²) in [5, 5.41) is 1.10. The molecule has 6 heteroatoms. The van der Waals surface area contributed by atoms with E-state index in [2.05, 4.69) is 5.43 Å². The van der Waals surface area contributed by atoms with Gasteiger partial charge in [-0.15, -0.1) is 0 Å². The SMILES string of the molecule is CCc1ccccc1CCCC(N1NC(=O)CC1(C)C)C(F)(F)F. The largest absolute Gasteiger partial charge is 0.405 e. The van der Waals surface area contributed by atoms with Gasteiger partial charge in [-0.1, -0.05) is 31.2 Å². The summed E-state index contributed by atoms with van der Waals surface area (Å²) >= 11 is 0. The molecule has 1 atom stereocenters. The molecule has 1 amide bonds. The van der Waals surface area contributed by atoms with Crippen LogP contribution in [0.3, 0.4) is 0 Å². The van der Waals surface area contributed by atoms with Crippen molar-refractivity contribution >= 4 is 5.91 Å². The van der Waals surface area contributed by atoms with Gasteiger partial charge in [-0.3, -0.25) is 10.2 Å². The number of carbonyl (C=O) groups is 1. The quantitative estimate of drug-likeness (QED) is 0.847. The zero-order valence-electron chi connectivity index (χ0n) is 14.4. The molecule has 134 valence electrons. The molecule has 1 saturated heterocycles. The molecule has 0 aliphatic carbocycles. The maximum atomic E-state index is 13.5. The molecule has 24 heavy (non-hydrogen) atoms. The molecule has 0 radical (unpaired) electrons. The van der Waals surface area contributed by atoms with Crippen LogP contribution in [0.25, 0.3) is 0 Å². The number of aryl methyl sites for hydroxylation is 2. The lowest BCUT2D eigenvalue weighted by Crippen LogP contribution is -2.56. The van der Waals surface area contributed by atoms with Crippen LogP contribution in [0.2, 0.25) is 0 Å². The van der Waals surface area contributed by atoms with Crippen molar-refractivity contribution in [3.63, 3.8) is 0 Å². The molecule has 1 aromatic rings. The smallest absolute Gasteiger partial charge is 0.288 e. The minimum Gasteiger partial charge on any atom is -0.288 e. The fourth-order valence-electron chi connectivity index (χ4n) is 3.37. The second kappa shape index (κ2) is 7.13. The van der Waals surface area contributed by atoms with Crippen molar-refractivity contribution in [2.24, 2.45) is 0 Å². The van der Waals surface area contributed by atoms with E-state index in [1.807, 2.05) is 31.2 Å². The minimum atomic E-state index is -4.38. The molecular formula is C18H25F3N2O. The average Bonchev–Trinajstić information content (AvgIpc) is 2.75. The van der Waals surface area contributed by atoms with Gasteiger partial charge in [0, 0.05) is 12.0 Å². The Morgan fingerprint density at radius 3 is 2.38 bits per heavy atom. The summed E-state index contributed by atoms with van der Waals surface area (Å²) in [6, 6.07) is 6.19.